The van der Waals surface area contributed by atoms with Crippen LogP contribution in [0.4, 0.5) is 9.80 Å². The minimum atomic E-state index is -0.481. The Balaban J connectivity index is 1.41. The van der Waals surface area contributed by atoms with Gasteiger partial charge in [-0.05, 0) is 41.8 Å². The van der Waals surface area contributed by atoms with Gasteiger partial charge < -0.3 is 18.9 Å². The summed E-state index contributed by atoms with van der Waals surface area (Å²) in [5.74, 6) is 1.34. The van der Waals surface area contributed by atoms with Crippen LogP contribution < -0.4 is 14.8 Å². The van der Waals surface area contributed by atoms with E-state index in [2.05, 4.69) is 10.4 Å². The lowest BCUT2D eigenvalue weighted by Gasteiger charge is -2.16. The Hall–Kier alpha value is -3.04. The first-order valence-electron chi connectivity index (χ1n) is 9.65. The molecule has 158 valence electrons. The second-order valence-corrected chi connectivity index (χ2v) is 7.59. The van der Waals surface area contributed by atoms with Gasteiger partial charge in [-0.15, -0.1) is 11.3 Å². The van der Waals surface area contributed by atoms with Crippen molar-refractivity contribution in [2.24, 2.45) is 0 Å². The summed E-state index contributed by atoms with van der Waals surface area (Å²) in [5.41, 5.74) is 1.83. The van der Waals surface area contributed by atoms with Crippen LogP contribution in [0.1, 0.15) is 6.42 Å². The first-order valence-corrected chi connectivity index (χ1v) is 10.5. The summed E-state index contributed by atoms with van der Waals surface area (Å²) in [4.78, 5) is 11.9. The zero-order valence-corrected chi connectivity index (χ0v) is 17.4. The molecule has 0 bridgehead atoms. The van der Waals surface area contributed by atoms with E-state index in [-0.39, 0.29) is 12.7 Å². The molecule has 1 aromatic carbocycles. The lowest BCUT2D eigenvalue weighted by Crippen LogP contribution is -2.17. The van der Waals surface area contributed by atoms with Gasteiger partial charge >= 0.3 is 6.09 Å². The van der Waals surface area contributed by atoms with Crippen molar-refractivity contribution in [1.82, 2.24) is 9.78 Å². The van der Waals surface area contributed by atoms with Crippen LogP contribution in [0.25, 0.3) is 11.3 Å². The maximum absolute atomic E-state index is 11.9. The smallest absolute Gasteiger partial charge is 0.412 e. The SMILES string of the molecule is COc1ccc(-c2ccnn2CCOC(=O)Nc2cccs2)cc1O[C@@H]1CCOC1. The van der Waals surface area contributed by atoms with Crippen molar-refractivity contribution in [3.63, 3.8) is 0 Å². The lowest BCUT2D eigenvalue weighted by molar-refractivity contribution is 0.138. The molecule has 0 spiro atoms. The lowest BCUT2D eigenvalue weighted by atomic mass is 10.1. The van der Waals surface area contributed by atoms with E-state index in [9.17, 15) is 4.79 Å². The van der Waals surface area contributed by atoms with Gasteiger partial charge in [0.05, 0.1) is 37.6 Å². The number of benzene rings is 1. The van der Waals surface area contributed by atoms with Crippen LogP contribution in [0, 0.1) is 0 Å². The minimum absolute atomic E-state index is 0.0225. The molecule has 0 unspecified atom stereocenters. The van der Waals surface area contributed by atoms with E-state index >= 15 is 0 Å². The molecule has 1 saturated heterocycles. The number of amides is 1. The van der Waals surface area contributed by atoms with Crippen molar-refractivity contribution < 1.29 is 23.7 Å². The number of anilines is 1. The molecule has 0 aliphatic carbocycles. The molecule has 1 fully saturated rings. The molecule has 8 nitrogen and oxygen atoms in total. The molecule has 1 aliphatic rings. The largest absolute Gasteiger partial charge is 0.493 e. The van der Waals surface area contributed by atoms with Crippen LogP contribution >= 0.6 is 11.3 Å². The quantitative estimate of drug-likeness (QED) is 0.582. The minimum Gasteiger partial charge on any atom is -0.493 e. The Labute approximate surface area is 178 Å². The van der Waals surface area contributed by atoms with Crippen LogP contribution in [-0.4, -0.2) is 48.9 Å². The van der Waals surface area contributed by atoms with Crippen molar-refractivity contribution in [3.05, 3.63) is 48.0 Å². The summed E-state index contributed by atoms with van der Waals surface area (Å²) in [6.45, 7) is 1.92. The van der Waals surface area contributed by atoms with Crippen LogP contribution in [0.15, 0.2) is 48.0 Å². The van der Waals surface area contributed by atoms with Crippen LogP contribution in [0.3, 0.4) is 0 Å². The van der Waals surface area contributed by atoms with E-state index in [0.29, 0.717) is 31.3 Å². The number of carbonyl (C=O) groups is 1. The Kier molecular flexibility index (Phi) is 6.50. The van der Waals surface area contributed by atoms with Crippen molar-refractivity contribution >= 4 is 22.4 Å². The number of ether oxygens (including phenoxy) is 4. The Morgan fingerprint density at radius 3 is 3.03 bits per heavy atom. The van der Waals surface area contributed by atoms with E-state index in [0.717, 1.165) is 22.7 Å². The van der Waals surface area contributed by atoms with Gasteiger partial charge in [0.2, 0.25) is 0 Å². The van der Waals surface area contributed by atoms with Gasteiger partial charge in [0.15, 0.2) is 11.5 Å². The summed E-state index contributed by atoms with van der Waals surface area (Å²) in [7, 11) is 1.62. The molecule has 3 heterocycles. The summed E-state index contributed by atoms with van der Waals surface area (Å²) in [6, 6.07) is 11.4. The number of aromatic nitrogens is 2. The Morgan fingerprint density at radius 2 is 2.27 bits per heavy atom. The maximum atomic E-state index is 11.9. The molecule has 0 saturated carbocycles. The number of rotatable bonds is 8. The summed E-state index contributed by atoms with van der Waals surface area (Å²) in [6.07, 6.45) is 2.12. The number of hydrogen-bond acceptors (Lipinski definition) is 7. The second-order valence-electron chi connectivity index (χ2n) is 6.65. The van der Waals surface area contributed by atoms with Gasteiger partial charge in [0, 0.05) is 18.2 Å². The molecule has 0 radical (unpaired) electrons. The molecule has 9 heteroatoms. The fraction of sp³-hybridized carbons (Fsp3) is 0.333. The molecule has 1 N–H and O–H groups in total. The van der Waals surface area contributed by atoms with Crippen LogP contribution in [-0.2, 0) is 16.0 Å². The zero-order valence-electron chi connectivity index (χ0n) is 16.6. The third kappa shape index (κ3) is 4.92. The van der Waals surface area contributed by atoms with Crippen molar-refractivity contribution in [2.75, 3.05) is 32.2 Å². The number of carbonyl (C=O) groups excluding carboxylic acids is 1. The predicted octanol–water partition coefficient (Wildman–Crippen LogP) is 4.04. The summed E-state index contributed by atoms with van der Waals surface area (Å²) in [5, 5.41) is 9.68. The molecule has 1 atom stereocenters. The van der Waals surface area contributed by atoms with E-state index in [1.807, 2.05) is 41.8 Å². The van der Waals surface area contributed by atoms with Gasteiger partial charge in [-0.3, -0.25) is 10.00 Å². The molecular formula is C21H23N3O5S. The highest BCUT2D eigenvalue weighted by Gasteiger charge is 2.20. The second kappa shape index (κ2) is 9.64. The standard InChI is InChI=1S/C21H23N3O5S/c1-26-18-5-4-15(13-19(18)29-16-7-10-27-14-16)17-6-8-22-24(17)9-11-28-21(25)23-20-3-2-12-30-20/h2-6,8,12-13,16H,7,9-11,14H2,1H3,(H,23,25)/t16-/m1/s1. The van der Waals surface area contributed by atoms with Gasteiger partial charge in [-0.1, -0.05) is 0 Å². The van der Waals surface area contributed by atoms with E-state index in [4.69, 9.17) is 18.9 Å². The zero-order chi connectivity index (χ0) is 20.8. The van der Waals surface area contributed by atoms with Crippen molar-refractivity contribution in [3.8, 4) is 22.8 Å². The number of methoxy groups -OCH3 is 1. The molecule has 3 aromatic rings. The van der Waals surface area contributed by atoms with Gasteiger partial charge in [-0.2, -0.15) is 5.10 Å². The van der Waals surface area contributed by atoms with Crippen molar-refractivity contribution in [2.45, 2.75) is 19.1 Å². The normalized spacial score (nSPS) is 15.7. The highest BCUT2D eigenvalue weighted by molar-refractivity contribution is 7.14. The van der Waals surface area contributed by atoms with Crippen LogP contribution in [0.2, 0.25) is 0 Å². The summed E-state index contributed by atoms with van der Waals surface area (Å²) >= 11 is 1.44. The molecule has 1 amide bonds. The van der Waals surface area contributed by atoms with E-state index in [1.165, 1.54) is 11.3 Å². The molecular weight excluding hydrogens is 406 g/mol. The number of thiophene rings is 1. The van der Waals surface area contributed by atoms with Crippen molar-refractivity contribution in [1.29, 1.82) is 0 Å². The number of nitrogens with zero attached hydrogens (tertiary/aromatic N) is 2. The Morgan fingerprint density at radius 1 is 1.33 bits per heavy atom. The first kappa shape index (κ1) is 20.2. The predicted molar refractivity (Wildman–Crippen MR) is 113 cm³/mol. The van der Waals surface area contributed by atoms with Gasteiger partial charge in [0.25, 0.3) is 0 Å². The molecule has 30 heavy (non-hydrogen) atoms. The maximum Gasteiger partial charge on any atom is 0.412 e. The van der Waals surface area contributed by atoms with Gasteiger partial charge in [0.1, 0.15) is 12.7 Å². The third-order valence-electron chi connectivity index (χ3n) is 4.64. The van der Waals surface area contributed by atoms with Gasteiger partial charge in [-0.25, -0.2) is 4.79 Å². The van der Waals surface area contributed by atoms with E-state index < -0.39 is 6.09 Å². The first-order chi connectivity index (χ1) is 14.7. The highest BCUT2D eigenvalue weighted by atomic mass is 32.1. The average Bonchev–Trinajstić information content (AvgIpc) is 3.51. The Bertz CT molecular complexity index is 967. The molecule has 4 rings (SSSR count). The fourth-order valence-corrected chi connectivity index (χ4v) is 3.78. The molecule has 1 aliphatic heterocycles. The highest BCUT2D eigenvalue weighted by Crippen LogP contribution is 2.34. The van der Waals surface area contributed by atoms with E-state index in [1.54, 1.807) is 18.0 Å². The number of hydrogen-bond donors (Lipinski definition) is 1. The topological polar surface area (TPSA) is 83.8 Å². The third-order valence-corrected chi connectivity index (χ3v) is 5.43. The number of nitrogens with one attached hydrogen (secondary N) is 1. The average molecular weight is 429 g/mol. The monoisotopic (exact) mass is 429 g/mol. The van der Waals surface area contributed by atoms with Crippen LogP contribution in [0.5, 0.6) is 11.5 Å². The molecule has 2 aromatic heterocycles. The summed E-state index contributed by atoms with van der Waals surface area (Å²) < 4.78 is 24.0. The fourth-order valence-electron chi connectivity index (χ4n) is 3.18.